The van der Waals surface area contributed by atoms with E-state index in [0.717, 1.165) is 51.0 Å². The number of pyridine rings is 1. The van der Waals surface area contributed by atoms with Gasteiger partial charge in [0.05, 0.1) is 6.54 Å². The van der Waals surface area contributed by atoms with Crippen molar-refractivity contribution in [3.8, 4) is 11.6 Å². The molecular weight excluding hydrogens is 372 g/mol. The molecule has 6 nitrogen and oxygen atoms in total. The second kappa shape index (κ2) is 6.99. The van der Waals surface area contributed by atoms with E-state index in [4.69, 9.17) is 4.98 Å². The van der Waals surface area contributed by atoms with E-state index < -0.39 is 0 Å². The molecular formula is C24H24N6. The van der Waals surface area contributed by atoms with E-state index in [1.54, 1.807) is 4.80 Å². The third kappa shape index (κ3) is 3.10. The first-order chi connectivity index (χ1) is 14.5. The molecule has 0 atom stereocenters. The van der Waals surface area contributed by atoms with E-state index in [0.29, 0.717) is 6.54 Å². The normalized spacial score (nSPS) is 11.5. The Morgan fingerprint density at radius 1 is 0.633 bits per heavy atom. The Labute approximate surface area is 175 Å². The molecule has 0 radical (unpaired) electrons. The molecule has 0 amide bonds. The summed E-state index contributed by atoms with van der Waals surface area (Å²) in [4.78, 5) is 6.78. The van der Waals surface area contributed by atoms with Crippen molar-refractivity contribution < 1.29 is 0 Å². The lowest BCUT2D eigenvalue weighted by atomic mass is 10.2. The molecule has 0 saturated carbocycles. The van der Waals surface area contributed by atoms with Crippen molar-refractivity contribution in [3.05, 3.63) is 89.0 Å². The number of hydrogen-bond acceptors (Lipinski definition) is 3. The highest BCUT2D eigenvalue weighted by atomic mass is 15.5. The first-order valence-electron chi connectivity index (χ1n) is 10.1. The fourth-order valence-electron chi connectivity index (χ4n) is 4.07. The molecule has 0 unspecified atom stereocenters. The van der Waals surface area contributed by atoms with Crippen molar-refractivity contribution in [1.82, 2.24) is 29.1 Å². The summed E-state index contributed by atoms with van der Waals surface area (Å²) >= 11 is 0. The molecule has 0 saturated heterocycles. The van der Waals surface area contributed by atoms with E-state index >= 15 is 0 Å². The Kier molecular flexibility index (Phi) is 4.28. The highest BCUT2D eigenvalue weighted by Gasteiger charge is 2.13. The molecule has 150 valence electrons. The SMILES string of the molecule is Cc1ccc(C)n1-c1cc(Cn2nc3ccccc3n2)cc(-n2c(C)ccc2C)n1. The fourth-order valence-corrected chi connectivity index (χ4v) is 4.07. The van der Waals surface area contributed by atoms with Crippen molar-refractivity contribution in [2.24, 2.45) is 0 Å². The minimum atomic E-state index is 0.579. The largest absolute Gasteiger partial charge is 0.303 e. The molecule has 1 aromatic carbocycles. The van der Waals surface area contributed by atoms with Gasteiger partial charge in [0.2, 0.25) is 0 Å². The van der Waals surface area contributed by atoms with E-state index in [-0.39, 0.29) is 0 Å². The number of fused-ring (bicyclic) bond motifs is 1. The third-order valence-electron chi connectivity index (χ3n) is 5.51. The molecule has 6 heteroatoms. The minimum Gasteiger partial charge on any atom is -0.303 e. The highest BCUT2D eigenvalue weighted by Crippen LogP contribution is 2.22. The molecule has 4 aromatic heterocycles. The van der Waals surface area contributed by atoms with Gasteiger partial charge in [0.15, 0.2) is 0 Å². The molecule has 0 N–H and O–H groups in total. The van der Waals surface area contributed by atoms with Gasteiger partial charge in [0.1, 0.15) is 22.7 Å². The lowest BCUT2D eigenvalue weighted by molar-refractivity contribution is 0.599. The maximum atomic E-state index is 5.02. The van der Waals surface area contributed by atoms with Crippen LogP contribution in [0.3, 0.4) is 0 Å². The number of rotatable bonds is 4. The maximum Gasteiger partial charge on any atom is 0.139 e. The number of nitrogens with zero attached hydrogens (tertiary/aromatic N) is 6. The van der Waals surface area contributed by atoms with Crippen LogP contribution in [-0.2, 0) is 6.54 Å². The fraction of sp³-hybridized carbons (Fsp3) is 0.208. The molecule has 5 aromatic rings. The average molecular weight is 396 g/mol. The lowest BCUT2D eigenvalue weighted by Gasteiger charge is -2.15. The summed E-state index contributed by atoms with van der Waals surface area (Å²) in [6, 6.07) is 20.7. The van der Waals surface area contributed by atoms with Gasteiger partial charge in [-0.15, -0.1) is 0 Å². The molecule has 4 heterocycles. The standard InChI is InChI=1S/C24H24N6/c1-16-9-10-17(2)29(16)23-13-20(14-24(25-23)30-18(3)11-12-19(30)4)15-28-26-21-7-5-6-8-22(21)27-28/h5-14H,15H2,1-4H3. The summed E-state index contributed by atoms with van der Waals surface area (Å²) in [7, 11) is 0. The van der Waals surface area contributed by atoms with Gasteiger partial charge in [-0.3, -0.25) is 0 Å². The zero-order chi connectivity index (χ0) is 20.8. The summed E-state index contributed by atoms with van der Waals surface area (Å²) in [5.41, 5.74) is 7.55. The van der Waals surface area contributed by atoms with Gasteiger partial charge in [-0.25, -0.2) is 4.98 Å². The second-order valence-corrected chi connectivity index (χ2v) is 7.81. The molecule has 0 aliphatic carbocycles. The Morgan fingerprint density at radius 3 is 1.50 bits per heavy atom. The van der Waals surface area contributed by atoms with Crippen LogP contribution < -0.4 is 0 Å². The Hall–Kier alpha value is -3.67. The van der Waals surface area contributed by atoms with Gasteiger partial charge in [-0.05, 0) is 81.8 Å². The first-order valence-corrected chi connectivity index (χ1v) is 10.1. The van der Waals surface area contributed by atoms with E-state index in [1.807, 2.05) is 24.3 Å². The second-order valence-electron chi connectivity index (χ2n) is 7.81. The summed E-state index contributed by atoms with van der Waals surface area (Å²) in [6.45, 7) is 9.00. The van der Waals surface area contributed by atoms with E-state index in [2.05, 4.69) is 83.4 Å². The number of aryl methyl sites for hydroxylation is 4. The van der Waals surface area contributed by atoms with Crippen LogP contribution in [0.25, 0.3) is 22.7 Å². The van der Waals surface area contributed by atoms with Crippen LogP contribution in [0.2, 0.25) is 0 Å². The van der Waals surface area contributed by atoms with E-state index in [1.165, 1.54) is 0 Å². The predicted octanol–water partition coefficient (Wildman–Crippen LogP) is 4.69. The molecule has 0 aliphatic heterocycles. The summed E-state index contributed by atoms with van der Waals surface area (Å²) in [5.74, 6) is 1.82. The van der Waals surface area contributed by atoms with Gasteiger partial charge in [-0.2, -0.15) is 15.0 Å². The van der Waals surface area contributed by atoms with Crippen LogP contribution in [0.15, 0.2) is 60.7 Å². The van der Waals surface area contributed by atoms with Crippen LogP contribution in [-0.4, -0.2) is 29.1 Å². The van der Waals surface area contributed by atoms with E-state index in [9.17, 15) is 0 Å². The predicted molar refractivity (Wildman–Crippen MR) is 118 cm³/mol. The van der Waals surface area contributed by atoms with Gasteiger partial charge < -0.3 is 9.13 Å². The van der Waals surface area contributed by atoms with Gasteiger partial charge in [-0.1, -0.05) is 12.1 Å². The van der Waals surface area contributed by atoms with Crippen LogP contribution in [0, 0.1) is 27.7 Å². The number of benzene rings is 1. The molecule has 0 bridgehead atoms. The molecule has 5 rings (SSSR count). The van der Waals surface area contributed by atoms with Crippen LogP contribution in [0.4, 0.5) is 0 Å². The monoisotopic (exact) mass is 396 g/mol. The maximum absolute atomic E-state index is 5.02. The van der Waals surface area contributed by atoms with Crippen molar-refractivity contribution in [1.29, 1.82) is 0 Å². The van der Waals surface area contributed by atoms with Crippen LogP contribution in [0.1, 0.15) is 28.3 Å². The smallest absolute Gasteiger partial charge is 0.139 e. The number of aromatic nitrogens is 6. The lowest BCUT2D eigenvalue weighted by Crippen LogP contribution is -2.11. The Bertz CT molecular complexity index is 1230. The average Bonchev–Trinajstić information content (AvgIpc) is 3.38. The van der Waals surface area contributed by atoms with Crippen molar-refractivity contribution >= 4 is 11.0 Å². The summed E-state index contributed by atoms with van der Waals surface area (Å²) < 4.78 is 4.38. The van der Waals surface area contributed by atoms with Crippen LogP contribution >= 0.6 is 0 Å². The topological polar surface area (TPSA) is 53.5 Å². The molecule has 0 fully saturated rings. The first kappa shape index (κ1) is 18.4. The quantitative estimate of drug-likeness (QED) is 0.443. The molecule has 0 spiro atoms. The zero-order valence-corrected chi connectivity index (χ0v) is 17.7. The van der Waals surface area contributed by atoms with Crippen LogP contribution in [0.5, 0.6) is 0 Å². The minimum absolute atomic E-state index is 0.579. The molecule has 30 heavy (non-hydrogen) atoms. The van der Waals surface area contributed by atoms with Crippen molar-refractivity contribution in [2.75, 3.05) is 0 Å². The third-order valence-corrected chi connectivity index (χ3v) is 5.51. The van der Waals surface area contributed by atoms with Gasteiger partial charge in [0, 0.05) is 22.8 Å². The summed E-state index contributed by atoms with van der Waals surface area (Å²) in [6.07, 6.45) is 0. The van der Waals surface area contributed by atoms with Gasteiger partial charge >= 0.3 is 0 Å². The highest BCUT2D eigenvalue weighted by molar-refractivity contribution is 5.73. The Morgan fingerprint density at radius 2 is 1.07 bits per heavy atom. The number of hydrogen-bond donors (Lipinski definition) is 0. The van der Waals surface area contributed by atoms with Gasteiger partial charge in [0.25, 0.3) is 0 Å². The Balaban J connectivity index is 1.66. The van der Waals surface area contributed by atoms with Crippen molar-refractivity contribution in [3.63, 3.8) is 0 Å². The van der Waals surface area contributed by atoms with Crippen molar-refractivity contribution in [2.45, 2.75) is 34.2 Å². The zero-order valence-electron chi connectivity index (χ0n) is 17.7. The molecule has 0 aliphatic rings. The summed E-state index contributed by atoms with van der Waals surface area (Å²) in [5, 5.41) is 9.27.